The number of unbranched alkanes of at least 4 members (excludes halogenated alkanes) is 34. The average Bonchev–Trinajstić information content (AvgIpc) is 3.17. The Kier molecular flexibility index (Phi) is 42.7. The third-order valence-electron chi connectivity index (χ3n) is 11.2. The molecule has 0 aliphatic carbocycles. The molecule has 55 heavy (non-hydrogen) atoms. The molecule has 0 aliphatic heterocycles. The molecule has 0 fully saturated rings. The lowest BCUT2D eigenvalue weighted by Crippen LogP contribution is -2.46. The lowest BCUT2D eigenvalue weighted by atomic mass is 10.0. The molecular formula is C46H95N2O6P. The zero-order valence-electron chi connectivity index (χ0n) is 36.7. The standard InChI is InChI=1S/C46H95N2O6P/c1-3-5-7-9-11-13-15-17-19-21-22-24-26-28-30-32-34-36-38-40-46(50)48-44(43-54-55(51,52)53-42-41-47)45(49)39-37-35-33-31-29-27-25-23-20-18-16-14-12-10-8-6-4-2/h44-45,49H,3-43,47H2,1-2H3,(H,48,50)(H,51,52). The third kappa shape index (κ3) is 41.5. The van der Waals surface area contributed by atoms with Gasteiger partial charge in [0.1, 0.15) is 0 Å². The van der Waals surface area contributed by atoms with Gasteiger partial charge in [-0.2, -0.15) is 0 Å². The molecule has 0 aromatic carbocycles. The van der Waals surface area contributed by atoms with Crippen molar-refractivity contribution in [3.05, 3.63) is 0 Å². The van der Waals surface area contributed by atoms with Crippen LogP contribution in [0, 0.1) is 0 Å². The number of nitrogens with two attached hydrogens (primary N) is 1. The maximum Gasteiger partial charge on any atom is 0.472 e. The smallest absolute Gasteiger partial charge is 0.391 e. The molecule has 0 aromatic rings. The topological polar surface area (TPSA) is 131 Å². The van der Waals surface area contributed by atoms with Crippen molar-refractivity contribution >= 4 is 13.7 Å². The van der Waals surface area contributed by atoms with Crippen LogP contribution < -0.4 is 11.1 Å². The van der Waals surface area contributed by atoms with E-state index in [1.54, 1.807) is 0 Å². The second-order valence-electron chi connectivity index (χ2n) is 16.7. The van der Waals surface area contributed by atoms with Crippen LogP contribution in [0.5, 0.6) is 0 Å². The Morgan fingerprint density at radius 3 is 1.16 bits per heavy atom. The maximum atomic E-state index is 12.8. The summed E-state index contributed by atoms with van der Waals surface area (Å²) in [5.41, 5.74) is 5.39. The van der Waals surface area contributed by atoms with Gasteiger partial charge in [-0.15, -0.1) is 0 Å². The van der Waals surface area contributed by atoms with Crippen molar-refractivity contribution in [2.45, 2.75) is 270 Å². The molecule has 5 N–H and O–H groups in total. The molecule has 0 spiro atoms. The minimum atomic E-state index is -4.31. The van der Waals surface area contributed by atoms with E-state index in [1.165, 1.54) is 193 Å². The van der Waals surface area contributed by atoms with E-state index in [-0.39, 0.29) is 25.7 Å². The first-order valence-corrected chi connectivity index (χ1v) is 25.6. The number of carbonyl (C=O) groups is 1. The summed E-state index contributed by atoms with van der Waals surface area (Å²) in [5, 5.41) is 13.8. The molecule has 0 rings (SSSR count). The highest BCUT2D eigenvalue weighted by atomic mass is 31.2. The summed E-state index contributed by atoms with van der Waals surface area (Å²) in [5.74, 6) is -0.155. The summed E-state index contributed by atoms with van der Waals surface area (Å²) >= 11 is 0. The van der Waals surface area contributed by atoms with Crippen LogP contribution in [0.25, 0.3) is 0 Å². The van der Waals surface area contributed by atoms with E-state index in [2.05, 4.69) is 19.2 Å². The minimum Gasteiger partial charge on any atom is -0.391 e. The molecule has 1 amide bonds. The lowest BCUT2D eigenvalue weighted by molar-refractivity contribution is -0.123. The minimum absolute atomic E-state index is 0.0927. The van der Waals surface area contributed by atoms with Gasteiger partial charge in [0.25, 0.3) is 0 Å². The van der Waals surface area contributed by atoms with E-state index in [9.17, 15) is 19.4 Å². The van der Waals surface area contributed by atoms with Gasteiger partial charge in [-0.1, -0.05) is 239 Å². The van der Waals surface area contributed by atoms with Crippen LogP contribution in [0.15, 0.2) is 0 Å². The van der Waals surface area contributed by atoms with Crippen molar-refractivity contribution < 1.29 is 28.4 Å². The van der Waals surface area contributed by atoms with Crippen molar-refractivity contribution in [1.82, 2.24) is 5.32 Å². The monoisotopic (exact) mass is 803 g/mol. The summed E-state index contributed by atoms with van der Waals surface area (Å²) < 4.78 is 22.2. The van der Waals surface area contributed by atoms with Gasteiger partial charge >= 0.3 is 7.82 Å². The molecule has 9 heteroatoms. The number of phosphoric acid groups is 1. The quantitative estimate of drug-likeness (QED) is 0.0356. The van der Waals surface area contributed by atoms with Gasteiger partial charge in [0.15, 0.2) is 0 Å². The first-order valence-electron chi connectivity index (χ1n) is 24.2. The number of phosphoric ester groups is 1. The number of nitrogens with one attached hydrogen (secondary N) is 1. The van der Waals surface area contributed by atoms with Gasteiger partial charge in [-0.05, 0) is 12.8 Å². The molecule has 8 nitrogen and oxygen atoms in total. The molecule has 0 saturated carbocycles. The summed E-state index contributed by atoms with van der Waals surface area (Å²) in [6, 6.07) is -0.768. The summed E-state index contributed by atoms with van der Waals surface area (Å²) in [6.07, 6.45) is 46.8. The van der Waals surface area contributed by atoms with Crippen LogP contribution in [-0.2, 0) is 18.4 Å². The van der Waals surface area contributed by atoms with Crippen molar-refractivity contribution in [2.75, 3.05) is 19.8 Å². The molecule has 0 bridgehead atoms. The largest absolute Gasteiger partial charge is 0.472 e. The number of aliphatic hydroxyl groups excluding tert-OH is 1. The molecule has 3 unspecified atom stereocenters. The average molecular weight is 803 g/mol. The Hall–Kier alpha value is -0.500. The van der Waals surface area contributed by atoms with Crippen LogP contribution in [-0.4, -0.2) is 47.8 Å². The zero-order chi connectivity index (χ0) is 40.3. The van der Waals surface area contributed by atoms with E-state index < -0.39 is 20.0 Å². The number of carbonyl (C=O) groups excluding carboxylic acids is 1. The highest BCUT2D eigenvalue weighted by Crippen LogP contribution is 2.43. The molecule has 330 valence electrons. The Balaban J connectivity index is 4.05. The SMILES string of the molecule is CCCCCCCCCCCCCCCCCCCCCC(=O)NC(COP(=O)(O)OCCN)C(O)CCCCCCCCCCCCCCCCCCC. The van der Waals surface area contributed by atoms with Crippen molar-refractivity contribution in [1.29, 1.82) is 0 Å². The second kappa shape index (κ2) is 43.1. The number of rotatable bonds is 46. The van der Waals surface area contributed by atoms with Crippen LogP contribution in [0.1, 0.15) is 258 Å². The molecule has 3 atom stereocenters. The Morgan fingerprint density at radius 2 is 0.836 bits per heavy atom. The van der Waals surface area contributed by atoms with Crippen LogP contribution >= 0.6 is 7.82 Å². The fraction of sp³-hybridized carbons (Fsp3) is 0.978. The predicted molar refractivity (Wildman–Crippen MR) is 236 cm³/mol. The van der Waals surface area contributed by atoms with Crippen molar-refractivity contribution in [2.24, 2.45) is 5.73 Å². The molecule has 0 saturated heterocycles. The molecule has 0 aromatic heterocycles. The zero-order valence-corrected chi connectivity index (χ0v) is 37.6. The number of hydrogen-bond donors (Lipinski definition) is 4. The Labute approximate surface area is 342 Å². The van der Waals surface area contributed by atoms with E-state index in [0.717, 1.165) is 38.5 Å². The van der Waals surface area contributed by atoms with Gasteiger partial charge in [0.05, 0.1) is 25.4 Å². The summed E-state index contributed by atoms with van der Waals surface area (Å²) in [7, 11) is -4.31. The van der Waals surface area contributed by atoms with Crippen LogP contribution in [0.3, 0.4) is 0 Å². The van der Waals surface area contributed by atoms with Gasteiger partial charge in [0, 0.05) is 13.0 Å². The molecule has 0 radical (unpaired) electrons. The maximum absolute atomic E-state index is 12.8. The fourth-order valence-electron chi connectivity index (χ4n) is 7.55. The summed E-state index contributed by atoms with van der Waals surface area (Å²) in [4.78, 5) is 22.8. The van der Waals surface area contributed by atoms with Crippen LogP contribution in [0.2, 0.25) is 0 Å². The fourth-order valence-corrected chi connectivity index (χ4v) is 8.31. The highest BCUT2D eigenvalue weighted by molar-refractivity contribution is 7.47. The van der Waals surface area contributed by atoms with Crippen LogP contribution in [0.4, 0.5) is 0 Å². The van der Waals surface area contributed by atoms with E-state index in [4.69, 9.17) is 14.8 Å². The highest BCUT2D eigenvalue weighted by Gasteiger charge is 2.27. The summed E-state index contributed by atoms with van der Waals surface area (Å²) in [6.45, 7) is 4.25. The van der Waals surface area contributed by atoms with E-state index >= 15 is 0 Å². The van der Waals surface area contributed by atoms with Gasteiger partial charge < -0.3 is 21.1 Å². The number of amides is 1. The normalized spacial score (nSPS) is 13.9. The van der Waals surface area contributed by atoms with Gasteiger partial charge in [-0.25, -0.2) is 4.57 Å². The molecule has 0 aliphatic rings. The molecule has 0 heterocycles. The number of hydrogen-bond acceptors (Lipinski definition) is 6. The Morgan fingerprint density at radius 1 is 0.527 bits per heavy atom. The van der Waals surface area contributed by atoms with E-state index in [0.29, 0.717) is 12.8 Å². The lowest BCUT2D eigenvalue weighted by Gasteiger charge is -2.25. The van der Waals surface area contributed by atoms with Crippen molar-refractivity contribution in [3.8, 4) is 0 Å². The first-order chi connectivity index (χ1) is 26.9. The Bertz CT molecular complexity index is 834. The van der Waals surface area contributed by atoms with Crippen molar-refractivity contribution in [3.63, 3.8) is 0 Å². The predicted octanol–water partition coefficient (Wildman–Crippen LogP) is 13.8. The first kappa shape index (κ1) is 54.5. The van der Waals surface area contributed by atoms with Gasteiger partial charge in [-0.3, -0.25) is 13.8 Å². The second-order valence-corrected chi connectivity index (χ2v) is 18.1. The molecular weight excluding hydrogens is 707 g/mol. The van der Waals surface area contributed by atoms with Gasteiger partial charge in [0.2, 0.25) is 5.91 Å². The number of aliphatic hydroxyl groups is 1. The third-order valence-corrected chi connectivity index (χ3v) is 12.2. The van der Waals surface area contributed by atoms with E-state index in [1.807, 2.05) is 0 Å².